The molecule has 214 valence electrons. The number of rotatable bonds is 9. The van der Waals surface area contributed by atoms with Gasteiger partial charge in [0.2, 0.25) is 0 Å². The van der Waals surface area contributed by atoms with Crippen molar-refractivity contribution in [1.29, 1.82) is 0 Å². The molecule has 3 nitrogen and oxygen atoms in total. The highest BCUT2D eigenvalue weighted by Gasteiger charge is 2.48. The van der Waals surface area contributed by atoms with Gasteiger partial charge in [-0.1, -0.05) is 106 Å². The van der Waals surface area contributed by atoms with E-state index in [4.69, 9.17) is 13.9 Å². The zero-order chi connectivity index (χ0) is 28.9. The molecule has 0 bridgehead atoms. The summed E-state index contributed by atoms with van der Waals surface area (Å²) < 4.78 is 20.2. The summed E-state index contributed by atoms with van der Waals surface area (Å²) in [4.78, 5) is 0. The van der Waals surface area contributed by atoms with Crippen LogP contribution in [-0.4, -0.2) is 33.3 Å². The Labute approximate surface area is 248 Å². The van der Waals surface area contributed by atoms with Crippen LogP contribution in [0.2, 0.25) is 18.1 Å². The predicted octanol–water partition coefficient (Wildman–Crippen LogP) is 7.88. The summed E-state index contributed by atoms with van der Waals surface area (Å²) in [6.45, 7) is 12.1. The fraction of sp³-hybridized carbons (Fsp3) is 0.333. The van der Waals surface area contributed by atoms with Gasteiger partial charge < -0.3 is 13.9 Å². The first-order chi connectivity index (χ1) is 19.7. The molecule has 1 heterocycles. The minimum atomic E-state index is -2.05. The van der Waals surface area contributed by atoms with E-state index in [9.17, 15) is 0 Å². The normalized spacial score (nSPS) is 20.1. The maximum Gasteiger partial charge on any atom is 0.192 e. The van der Waals surface area contributed by atoms with E-state index >= 15 is 0 Å². The Balaban J connectivity index is 1.54. The third kappa shape index (κ3) is 6.58. The molecule has 5 heteroatoms. The van der Waals surface area contributed by atoms with Crippen molar-refractivity contribution in [3.63, 3.8) is 0 Å². The van der Waals surface area contributed by atoms with E-state index in [1.165, 1.54) is 15.9 Å². The Morgan fingerprint density at radius 1 is 0.707 bits per heavy atom. The Bertz CT molecular complexity index is 1260. The largest absolute Gasteiger partial charge is 0.409 e. The topological polar surface area (TPSA) is 27.7 Å². The minimum Gasteiger partial charge on any atom is -0.409 e. The first-order valence-corrected chi connectivity index (χ1v) is 19.6. The SMILES string of the molecule is CC(C)(C)[Si](C)(C)O[C@@H]1CO[C@@H](c2ccccc2)O[C@H]1CC[P+](c1ccccc1)(c1ccccc1)c1ccccc1. The molecule has 0 N–H and O–H groups in total. The van der Waals surface area contributed by atoms with Crippen LogP contribution in [0.15, 0.2) is 121 Å². The molecule has 1 aliphatic heterocycles. The van der Waals surface area contributed by atoms with Crippen LogP contribution in [-0.2, 0) is 13.9 Å². The van der Waals surface area contributed by atoms with E-state index in [-0.39, 0.29) is 17.2 Å². The quantitative estimate of drug-likeness (QED) is 0.148. The van der Waals surface area contributed by atoms with Crippen molar-refractivity contribution >= 4 is 31.5 Å². The van der Waals surface area contributed by atoms with Crippen molar-refractivity contribution in [3.8, 4) is 0 Å². The van der Waals surface area contributed by atoms with E-state index in [2.05, 4.69) is 137 Å². The Morgan fingerprint density at radius 3 is 1.59 bits per heavy atom. The maximum atomic E-state index is 7.02. The molecule has 1 saturated heterocycles. The van der Waals surface area contributed by atoms with Crippen LogP contribution in [0.3, 0.4) is 0 Å². The van der Waals surface area contributed by atoms with Crippen LogP contribution in [0, 0.1) is 0 Å². The average Bonchev–Trinajstić information content (AvgIpc) is 2.99. The lowest BCUT2D eigenvalue weighted by molar-refractivity contribution is -0.253. The van der Waals surface area contributed by atoms with Crippen LogP contribution < -0.4 is 15.9 Å². The highest BCUT2D eigenvalue weighted by atomic mass is 31.2. The van der Waals surface area contributed by atoms with Gasteiger partial charge in [-0.3, -0.25) is 0 Å². The standard InChI is InChI=1S/C36H44O3PSi/c1-36(2,3)41(4,5)39-34-28-37-35(29-18-10-6-11-19-29)38-33(34)26-27-40(30-20-12-7-13-21-30,31-22-14-8-15-23-31)32-24-16-9-17-25-32/h6-25,33-35H,26-28H2,1-5H3/q+1/t33-,34+,35+/m0/s1. The van der Waals surface area contributed by atoms with Gasteiger partial charge >= 0.3 is 0 Å². The van der Waals surface area contributed by atoms with Gasteiger partial charge in [0.1, 0.15) is 23.2 Å². The molecule has 4 aromatic rings. The highest BCUT2D eigenvalue weighted by Crippen LogP contribution is 2.56. The third-order valence-corrected chi connectivity index (χ3v) is 17.8. The van der Waals surface area contributed by atoms with Gasteiger partial charge in [-0.25, -0.2) is 0 Å². The maximum absolute atomic E-state index is 7.02. The molecule has 0 unspecified atom stereocenters. The van der Waals surface area contributed by atoms with Crippen molar-refractivity contribution in [3.05, 3.63) is 127 Å². The lowest BCUT2D eigenvalue weighted by Crippen LogP contribution is -2.52. The second-order valence-electron chi connectivity index (χ2n) is 12.5. The molecule has 0 aromatic heterocycles. The van der Waals surface area contributed by atoms with E-state index in [1.807, 2.05) is 18.2 Å². The molecule has 3 atom stereocenters. The number of benzene rings is 4. The van der Waals surface area contributed by atoms with Crippen LogP contribution in [0.1, 0.15) is 39.0 Å². The summed E-state index contributed by atoms with van der Waals surface area (Å²) >= 11 is 0. The number of hydrogen-bond donors (Lipinski definition) is 0. The summed E-state index contributed by atoms with van der Waals surface area (Å²) in [7, 11) is -4.04. The molecule has 0 radical (unpaired) electrons. The van der Waals surface area contributed by atoms with E-state index in [0.717, 1.165) is 18.1 Å². The highest BCUT2D eigenvalue weighted by molar-refractivity contribution is 7.95. The van der Waals surface area contributed by atoms with Gasteiger partial charge in [-0.15, -0.1) is 0 Å². The fourth-order valence-corrected chi connectivity index (χ4v) is 11.2. The molecular formula is C36H44O3PSi+. The van der Waals surface area contributed by atoms with Gasteiger partial charge in [-0.05, 0) is 54.5 Å². The molecule has 0 amide bonds. The smallest absolute Gasteiger partial charge is 0.192 e. The van der Waals surface area contributed by atoms with E-state index in [1.54, 1.807) is 0 Å². The monoisotopic (exact) mass is 583 g/mol. The molecule has 4 aromatic carbocycles. The summed E-state index contributed by atoms with van der Waals surface area (Å²) in [6.07, 6.45) is 1.27. The van der Waals surface area contributed by atoms with Gasteiger partial charge in [0.05, 0.1) is 25.0 Å². The van der Waals surface area contributed by atoms with Crippen molar-refractivity contribution < 1.29 is 13.9 Å². The average molecular weight is 584 g/mol. The van der Waals surface area contributed by atoms with Gasteiger partial charge in [0.25, 0.3) is 0 Å². The molecule has 1 fully saturated rings. The minimum absolute atomic E-state index is 0.0846. The summed E-state index contributed by atoms with van der Waals surface area (Å²) in [6, 6.07) is 43.6. The predicted molar refractivity (Wildman–Crippen MR) is 177 cm³/mol. The zero-order valence-electron chi connectivity index (χ0n) is 25.1. The van der Waals surface area contributed by atoms with E-state index in [0.29, 0.717) is 6.61 Å². The fourth-order valence-electron chi connectivity index (χ4n) is 5.48. The van der Waals surface area contributed by atoms with Crippen LogP contribution in [0.25, 0.3) is 0 Å². The molecule has 1 aliphatic rings. The number of ether oxygens (including phenoxy) is 2. The van der Waals surface area contributed by atoms with Crippen molar-refractivity contribution in [1.82, 2.24) is 0 Å². The van der Waals surface area contributed by atoms with E-state index < -0.39 is 21.9 Å². The summed E-state index contributed by atoms with van der Waals surface area (Å²) in [5, 5.41) is 4.28. The van der Waals surface area contributed by atoms with Crippen LogP contribution >= 0.6 is 7.26 Å². The molecule has 41 heavy (non-hydrogen) atoms. The van der Waals surface area contributed by atoms with Gasteiger partial charge in [0.15, 0.2) is 14.6 Å². The van der Waals surface area contributed by atoms with Crippen LogP contribution in [0.4, 0.5) is 0 Å². The molecule has 0 saturated carbocycles. The first kappa shape index (κ1) is 29.9. The first-order valence-electron chi connectivity index (χ1n) is 14.8. The molecule has 0 spiro atoms. The van der Waals surface area contributed by atoms with Crippen LogP contribution in [0.5, 0.6) is 0 Å². The summed E-state index contributed by atoms with van der Waals surface area (Å²) in [5.74, 6) is 0. The van der Waals surface area contributed by atoms with Crippen molar-refractivity contribution in [2.24, 2.45) is 0 Å². The lowest BCUT2D eigenvalue weighted by atomic mass is 10.1. The number of hydrogen-bond acceptors (Lipinski definition) is 3. The molecule has 0 aliphatic carbocycles. The van der Waals surface area contributed by atoms with Crippen molar-refractivity contribution in [2.75, 3.05) is 12.8 Å². The second kappa shape index (κ2) is 12.7. The second-order valence-corrected chi connectivity index (χ2v) is 20.9. The third-order valence-electron chi connectivity index (χ3n) is 8.79. The lowest BCUT2D eigenvalue weighted by Gasteiger charge is -2.44. The zero-order valence-corrected chi connectivity index (χ0v) is 27.0. The van der Waals surface area contributed by atoms with Gasteiger partial charge in [-0.2, -0.15) is 0 Å². The Kier molecular flexibility index (Phi) is 9.28. The summed E-state index contributed by atoms with van der Waals surface area (Å²) in [5.41, 5.74) is 1.05. The molecule has 5 rings (SSSR count). The van der Waals surface area contributed by atoms with Crippen molar-refractivity contribution in [2.45, 2.75) is 63.8 Å². The Morgan fingerprint density at radius 2 is 1.15 bits per heavy atom. The molecular weight excluding hydrogens is 539 g/mol. The van der Waals surface area contributed by atoms with Gasteiger partial charge in [0, 0.05) is 12.0 Å². The Hall–Kier alpha value is -2.59.